The minimum atomic E-state index is 0.189. The average molecular weight is 286 g/mol. The van der Waals surface area contributed by atoms with Gasteiger partial charge < -0.3 is 5.84 Å². The van der Waals surface area contributed by atoms with Gasteiger partial charge in [0.25, 0.3) is 5.95 Å². The smallest absolute Gasteiger partial charge is 0.263 e. The van der Waals surface area contributed by atoms with E-state index in [9.17, 15) is 0 Å². The van der Waals surface area contributed by atoms with E-state index in [1.807, 2.05) is 24.4 Å². The van der Waals surface area contributed by atoms with E-state index >= 15 is 0 Å². The third-order valence-electron chi connectivity index (χ3n) is 3.48. The van der Waals surface area contributed by atoms with E-state index in [-0.39, 0.29) is 12.0 Å². The minimum Gasteiger partial charge on any atom is -0.335 e. The highest BCUT2D eigenvalue weighted by Gasteiger charge is 2.26. The van der Waals surface area contributed by atoms with Gasteiger partial charge in [0.15, 0.2) is 5.82 Å². The zero-order chi connectivity index (χ0) is 14.7. The Bertz CT molecular complexity index is 620. The fraction of sp³-hybridized carbons (Fsp3) is 0.308. The van der Waals surface area contributed by atoms with E-state index in [0.29, 0.717) is 11.8 Å². The van der Waals surface area contributed by atoms with Gasteiger partial charge in [0.2, 0.25) is 0 Å². The summed E-state index contributed by atoms with van der Waals surface area (Å²) in [6, 6.07) is 10.4. The highest BCUT2D eigenvalue weighted by molar-refractivity contribution is 5.64. The number of nitrogens with two attached hydrogens (primary N) is 1. The Morgan fingerprint density at radius 2 is 2.19 bits per heavy atom. The van der Waals surface area contributed by atoms with Crippen molar-refractivity contribution in [3.63, 3.8) is 0 Å². The lowest BCUT2D eigenvalue weighted by molar-refractivity contribution is 0.557. The molecule has 110 valence electrons. The molecule has 1 aliphatic rings. The van der Waals surface area contributed by atoms with Crippen LogP contribution in [-0.4, -0.2) is 27.6 Å². The molecule has 1 fully saturated rings. The molecule has 1 saturated heterocycles. The third kappa shape index (κ3) is 2.86. The van der Waals surface area contributed by atoms with Gasteiger partial charge in [-0.1, -0.05) is 30.3 Å². The van der Waals surface area contributed by atoms with Gasteiger partial charge in [-0.05, 0) is 12.5 Å². The maximum atomic E-state index is 5.75. The minimum absolute atomic E-state index is 0.189. The fourth-order valence-electron chi connectivity index (χ4n) is 2.28. The Hall–Kier alpha value is -2.45. The first-order valence-corrected chi connectivity index (χ1v) is 6.75. The molecule has 0 amide bonds. The number of rotatable bonds is 4. The van der Waals surface area contributed by atoms with E-state index in [2.05, 4.69) is 43.7 Å². The quantitative estimate of drug-likeness (QED) is 0.362. The lowest BCUT2D eigenvalue weighted by Crippen LogP contribution is -2.25. The molecule has 21 heavy (non-hydrogen) atoms. The first kappa shape index (κ1) is 13.5. The van der Waals surface area contributed by atoms with Gasteiger partial charge in [0.1, 0.15) is 0 Å². The topological polar surface area (TPSA) is 105 Å². The van der Waals surface area contributed by atoms with E-state index in [1.54, 1.807) is 6.92 Å². The number of benzene rings is 1. The van der Waals surface area contributed by atoms with Crippen LogP contribution in [0.2, 0.25) is 0 Å². The second-order valence-electron chi connectivity index (χ2n) is 4.91. The molecule has 1 aliphatic heterocycles. The van der Waals surface area contributed by atoms with Crippen LogP contribution < -0.4 is 22.1 Å². The van der Waals surface area contributed by atoms with E-state index < -0.39 is 0 Å². The number of aromatic nitrogens is 3. The van der Waals surface area contributed by atoms with E-state index in [4.69, 9.17) is 5.84 Å². The van der Waals surface area contributed by atoms with Crippen molar-refractivity contribution in [3.05, 3.63) is 41.7 Å². The van der Waals surface area contributed by atoms with Gasteiger partial charge >= 0.3 is 0 Å². The number of hydrazine groups is 1. The lowest BCUT2D eigenvalue weighted by Gasteiger charge is -2.14. The molecule has 8 nitrogen and oxygen atoms in total. The van der Waals surface area contributed by atoms with Crippen LogP contribution in [0.1, 0.15) is 17.4 Å². The zero-order valence-corrected chi connectivity index (χ0v) is 11.7. The largest absolute Gasteiger partial charge is 0.335 e. The molecule has 2 aromatic rings. The molecule has 5 N–H and O–H groups in total. The van der Waals surface area contributed by atoms with Crippen molar-refractivity contribution in [2.75, 3.05) is 17.8 Å². The predicted molar refractivity (Wildman–Crippen MR) is 80.8 cm³/mol. The Morgan fingerprint density at radius 1 is 1.38 bits per heavy atom. The van der Waals surface area contributed by atoms with Crippen LogP contribution in [0.15, 0.2) is 35.4 Å². The summed E-state index contributed by atoms with van der Waals surface area (Å²) in [6.07, 6.45) is 1.86. The molecule has 2 heterocycles. The molecule has 1 aromatic carbocycles. The number of aryl methyl sites for hydroxylation is 1. The highest BCUT2D eigenvalue weighted by Crippen LogP contribution is 2.23. The molecule has 0 spiro atoms. The van der Waals surface area contributed by atoms with Crippen molar-refractivity contribution in [3.8, 4) is 0 Å². The molecular formula is C13H18N8. The van der Waals surface area contributed by atoms with Crippen molar-refractivity contribution in [1.82, 2.24) is 25.7 Å². The molecule has 1 aromatic heterocycles. The maximum absolute atomic E-state index is 5.75. The van der Waals surface area contributed by atoms with Crippen LogP contribution in [0.3, 0.4) is 0 Å². The Kier molecular flexibility index (Phi) is 3.80. The summed E-state index contributed by atoms with van der Waals surface area (Å²) in [6.45, 7) is 2.58. The molecule has 0 saturated carbocycles. The summed E-state index contributed by atoms with van der Waals surface area (Å²) < 4.78 is 1.36. The first-order valence-electron chi connectivity index (χ1n) is 6.75. The molecular weight excluding hydrogens is 268 g/mol. The molecule has 8 heteroatoms. The monoisotopic (exact) mass is 286 g/mol. The second-order valence-corrected chi connectivity index (χ2v) is 4.91. The maximum Gasteiger partial charge on any atom is 0.263 e. The Morgan fingerprint density at radius 3 is 2.90 bits per heavy atom. The van der Waals surface area contributed by atoms with Crippen molar-refractivity contribution < 1.29 is 0 Å². The Labute approximate surface area is 122 Å². The van der Waals surface area contributed by atoms with Crippen LogP contribution in [0, 0.1) is 12.8 Å². The van der Waals surface area contributed by atoms with Gasteiger partial charge in [-0.2, -0.15) is 5.10 Å². The normalized spacial score (nSPS) is 22.0. The van der Waals surface area contributed by atoms with Crippen molar-refractivity contribution in [2.45, 2.75) is 13.0 Å². The number of hydrazone groups is 1. The third-order valence-corrected chi connectivity index (χ3v) is 3.48. The number of anilines is 1. The number of hydrogen-bond acceptors (Lipinski definition) is 7. The lowest BCUT2D eigenvalue weighted by atomic mass is 9.96. The first-order chi connectivity index (χ1) is 10.3. The second kappa shape index (κ2) is 5.90. The summed E-state index contributed by atoms with van der Waals surface area (Å²) in [4.78, 5) is 0. The molecule has 2 unspecified atom stereocenters. The van der Waals surface area contributed by atoms with Crippen LogP contribution in [0.25, 0.3) is 0 Å². The Balaban J connectivity index is 1.66. The number of hydrogen-bond donors (Lipinski definition) is 4. The molecule has 0 bridgehead atoms. The molecule has 2 atom stereocenters. The van der Waals surface area contributed by atoms with Gasteiger partial charge in [0, 0.05) is 18.7 Å². The van der Waals surface area contributed by atoms with Gasteiger partial charge in [0.05, 0.1) is 6.04 Å². The number of nitrogen functional groups attached to an aromatic ring is 1. The van der Waals surface area contributed by atoms with Crippen LogP contribution in [0.5, 0.6) is 0 Å². The number of nitrogens with zero attached hydrogens (tertiary/aromatic N) is 4. The molecule has 0 aliphatic carbocycles. The standard InChI is InChI=1S/C13H18N8/c1-9-17-20-13(21(9)14)19-16-8-11-7-15-18-12(11)10-5-3-2-4-6-10/h2-6,8,11-12,15,18H,7,14H2,1H3,(H,19,20)/b16-8-. The summed E-state index contributed by atoms with van der Waals surface area (Å²) >= 11 is 0. The van der Waals surface area contributed by atoms with E-state index in [0.717, 1.165) is 6.54 Å². The summed E-state index contributed by atoms with van der Waals surface area (Å²) in [5.41, 5.74) is 10.4. The molecule has 3 rings (SSSR count). The van der Waals surface area contributed by atoms with Crippen LogP contribution in [0.4, 0.5) is 5.95 Å². The summed E-state index contributed by atoms with van der Waals surface area (Å²) in [5, 5.41) is 12.0. The van der Waals surface area contributed by atoms with Gasteiger partial charge in [-0.25, -0.2) is 15.5 Å². The van der Waals surface area contributed by atoms with E-state index in [1.165, 1.54) is 10.2 Å². The van der Waals surface area contributed by atoms with Crippen LogP contribution >= 0.6 is 0 Å². The average Bonchev–Trinajstić information content (AvgIpc) is 3.10. The van der Waals surface area contributed by atoms with Crippen molar-refractivity contribution in [2.24, 2.45) is 11.0 Å². The summed E-state index contributed by atoms with van der Waals surface area (Å²) in [7, 11) is 0. The zero-order valence-electron chi connectivity index (χ0n) is 11.7. The van der Waals surface area contributed by atoms with Gasteiger partial charge in [-0.3, -0.25) is 5.43 Å². The fourth-order valence-corrected chi connectivity index (χ4v) is 2.28. The van der Waals surface area contributed by atoms with Crippen LogP contribution in [-0.2, 0) is 0 Å². The number of nitrogens with one attached hydrogen (secondary N) is 3. The van der Waals surface area contributed by atoms with Crippen molar-refractivity contribution in [1.29, 1.82) is 0 Å². The SMILES string of the molecule is Cc1nnc(N/N=C\C2CNNC2c2ccccc2)n1N. The predicted octanol–water partition coefficient (Wildman–Crippen LogP) is 0.163. The highest BCUT2D eigenvalue weighted by atomic mass is 15.5. The van der Waals surface area contributed by atoms with Crippen molar-refractivity contribution >= 4 is 12.2 Å². The molecule has 0 radical (unpaired) electrons. The van der Waals surface area contributed by atoms with Gasteiger partial charge in [-0.15, -0.1) is 10.2 Å². The summed E-state index contributed by atoms with van der Waals surface area (Å²) in [5.74, 6) is 7.02.